The average molecular weight is 365 g/mol. The molecule has 0 atom stereocenters. The topological polar surface area (TPSA) is 58.2 Å². The van der Waals surface area contributed by atoms with Gasteiger partial charge in [-0.05, 0) is 41.8 Å². The zero-order valence-corrected chi connectivity index (χ0v) is 14.9. The van der Waals surface area contributed by atoms with Gasteiger partial charge in [0.2, 0.25) is 11.8 Å². The van der Waals surface area contributed by atoms with Gasteiger partial charge in [0.05, 0.1) is 0 Å². The molecular formula is C18H18Cl2N2O2. The van der Waals surface area contributed by atoms with Crippen molar-refractivity contribution in [1.82, 2.24) is 0 Å². The Hall–Kier alpha value is -2.04. The second-order valence-electron chi connectivity index (χ2n) is 5.71. The Morgan fingerprint density at radius 2 is 1.38 bits per heavy atom. The van der Waals surface area contributed by atoms with Gasteiger partial charge in [-0.15, -0.1) is 0 Å². The van der Waals surface area contributed by atoms with Crippen LogP contribution < -0.4 is 10.6 Å². The number of hydrogen-bond acceptors (Lipinski definition) is 2. The number of halogens is 2. The summed E-state index contributed by atoms with van der Waals surface area (Å²) in [5.74, 6) is -0.410. The van der Waals surface area contributed by atoms with E-state index in [4.69, 9.17) is 23.2 Å². The van der Waals surface area contributed by atoms with Gasteiger partial charge in [0.1, 0.15) is 6.42 Å². The fraction of sp³-hybridized carbons (Fsp3) is 0.222. The van der Waals surface area contributed by atoms with E-state index < -0.39 is 11.8 Å². The van der Waals surface area contributed by atoms with Crippen molar-refractivity contribution >= 4 is 46.4 Å². The van der Waals surface area contributed by atoms with Gasteiger partial charge < -0.3 is 10.6 Å². The third-order valence-corrected chi connectivity index (χ3v) is 3.76. The lowest BCUT2D eigenvalue weighted by Gasteiger charge is -2.09. The average Bonchev–Trinajstić information content (AvgIpc) is 2.46. The van der Waals surface area contributed by atoms with E-state index in [-0.39, 0.29) is 6.42 Å². The molecule has 2 aromatic rings. The largest absolute Gasteiger partial charge is 0.326 e. The number of amides is 2. The molecule has 0 radical (unpaired) electrons. The van der Waals surface area contributed by atoms with Crippen LogP contribution in [0.25, 0.3) is 0 Å². The number of rotatable bonds is 5. The highest BCUT2D eigenvalue weighted by atomic mass is 35.5. The summed E-state index contributed by atoms with van der Waals surface area (Å²) in [6, 6.07) is 12.2. The summed E-state index contributed by atoms with van der Waals surface area (Å²) in [5.41, 5.74) is 2.29. The molecular weight excluding hydrogens is 347 g/mol. The number of carbonyl (C=O) groups excluding carboxylic acids is 2. The standard InChI is InChI=1S/C18H18Cl2N2O2/c1-11(2)12-3-5-15(6-4-12)21-17(23)10-18(24)22-16-8-13(19)7-14(20)9-16/h3-9,11H,10H2,1-2H3,(H,21,23)(H,22,24). The molecule has 4 nitrogen and oxygen atoms in total. The predicted molar refractivity (Wildman–Crippen MR) is 98.9 cm³/mol. The van der Waals surface area contributed by atoms with Crippen molar-refractivity contribution in [1.29, 1.82) is 0 Å². The molecule has 0 aliphatic rings. The number of hydrogen-bond donors (Lipinski definition) is 2. The molecule has 2 rings (SSSR count). The highest BCUT2D eigenvalue weighted by molar-refractivity contribution is 6.35. The van der Waals surface area contributed by atoms with E-state index in [1.54, 1.807) is 18.2 Å². The Balaban J connectivity index is 1.90. The van der Waals surface area contributed by atoms with Crippen molar-refractivity contribution in [2.45, 2.75) is 26.2 Å². The first-order chi connectivity index (χ1) is 11.3. The highest BCUT2D eigenvalue weighted by Gasteiger charge is 2.11. The molecule has 0 saturated carbocycles. The molecule has 0 saturated heterocycles. The van der Waals surface area contributed by atoms with Crippen LogP contribution >= 0.6 is 23.2 Å². The van der Waals surface area contributed by atoms with E-state index in [1.807, 2.05) is 24.3 Å². The molecule has 6 heteroatoms. The van der Waals surface area contributed by atoms with Gasteiger partial charge in [0, 0.05) is 21.4 Å². The van der Waals surface area contributed by atoms with Crippen molar-refractivity contribution in [3.63, 3.8) is 0 Å². The summed E-state index contributed by atoms with van der Waals surface area (Å²) in [4.78, 5) is 23.9. The normalized spacial score (nSPS) is 10.5. The van der Waals surface area contributed by atoms with Gasteiger partial charge in [-0.1, -0.05) is 49.2 Å². The molecule has 0 spiro atoms. The third kappa shape index (κ3) is 5.55. The van der Waals surface area contributed by atoms with E-state index >= 15 is 0 Å². The predicted octanol–water partition coefficient (Wildman–Crippen LogP) is 5.08. The second-order valence-corrected chi connectivity index (χ2v) is 6.58. The zero-order chi connectivity index (χ0) is 17.7. The van der Waals surface area contributed by atoms with Crippen LogP contribution in [0.2, 0.25) is 10.0 Å². The monoisotopic (exact) mass is 364 g/mol. The van der Waals surface area contributed by atoms with Gasteiger partial charge in [-0.3, -0.25) is 9.59 Å². The van der Waals surface area contributed by atoms with Gasteiger partial charge >= 0.3 is 0 Å². The Labute approximate surface area is 151 Å². The lowest BCUT2D eigenvalue weighted by molar-refractivity contribution is -0.123. The molecule has 0 aromatic heterocycles. The van der Waals surface area contributed by atoms with E-state index in [0.717, 1.165) is 0 Å². The zero-order valence-electron chi connectivity index (χ0n) is 13.4. The fourth-order valence-corrected chi connectivity index (χ4v) is 2.66. The molecule has 24 heavy (non-hydrogen) atoms. The van der Waals surface area contributed by atoms with Gasteiger partial charge in [0.15, 0.2) is 0 Å². The quantitative estimate of drug-likeness (QED) is 0.726. The van der Waals surface area contributed by atoms with Gasteiger partial charge in [-0.2, -0.15) is 0 Å². The van der Waals surface area contributed by atoms with Crippen LogP contribution in [0, 0.1) is 0 Å². The maximum atomic E-state index is 11.9. The minimum atomic E-state index is -0.440. The number of benzene rings is 2. The van der Waals surface area contributed by atoms with Crippen molar-refractivity contribution in [3.05, 3.63) is 58.1 Å². The van der Waals surface area contributed by atoms with Crippen LogP contribution in [0.15, 0.2) is 42.5 Å². The minimum absolute atomic E-state index is 0.296. The Bertz CT molecular complexity index is 723. The Morgan fingerprint density at radius 1 is 0.875 bits per heavy atom. The van der Waals surface area contributed by atoms with Crippen molar-refractivity contribution < 1.29 is 9.59 Å². The molecule has 0 fully saturated rings. The van der Waals surface area contributed by atoms with Crippen molar-refractivity contribution in [3.8, 4) is 0 Å². The summed E-state index contributed by atoms with van der Waals surface area (Å²) in [7, 11) is 0. The maximum Gasteiger partial charge on any atom is 0.233 e. The van der Waals surface area contributed by atoms with Crippen LogP contribution in [-0.4, -0.2) is 11.8 Å². The van der Waals surface area contributed by atoms with Gasteiger partial charge in [0.25, 0.3) is 0 Å². The molecule has 0 unspecified atom stereocenters. The first-order valence-corrected chi connectivity index (χ1v) is 8.25. The minimum Gasteiger partial charge on any atom is -0.326 e. The molecule has 0 aliphatic heterocycles. The maximum absolute atomic E-state index is 11.9. The molecule has 2 aromatic carbocycles. The van der Waals surface area contributed by atoms with Crippen LogP contribution in [-0.2, 0) is 9.59 Å². The molecule has 2 amide bonds. The lowest BCUT2D eigenvalue weighted by atomic mass is 10.0. The molecule has 126 valence electrons. The van der Waals surface area contributed by atoms with Crippen LogP contribution in [0.3, 0.4) is 0 Å². The van der Waals surface area contributed by atoms with Crippen LogP contribution in [0.4, 0.5) is 11.4 Å². The fourth-order valence-electron chi connectivity index (χ4n) is 2.13. The summed E-state index contributed by atoms with van der Waals surface area (Å²) in [6.07, 6.45) is -0.296. The summed E-state index contributed by atoms with van der Waals surface area (Å²) < 4.78 is 0. The number of carbonyl (C=O) groups is 2. The van der Waals surface area contributed by atoms with E-state index in [2.05, 4.69) is 24.5 Å². The van der Waals surface area contributed by atoms with Gasteiger partial charge in [-0.25, -0.2) is 0 Å². The summed E-state index contributed by atoms with van der Waals surface area (Å²) >= 11 is 11.7. The molecule has 2 N–H and O–H groups in total. The van der Waals surface area contributed by atoms with E-state index in [0.29, 0.717) is 27.3 Å². The summed E-state index contributed by atoms with van der Waals surface area (Å²) in [5, 5.41) is 6.11. The van der Waals surface area contributed by atoms with Crippen LogP contribution in [0.1, 0.15) is 31.7 Å². The number of nitrogens with one attached hydrogen (secondary N) is 2. The smallest absolute Gasteiger partial charge is 0.233 e. The third-order valence-electron chi connectivity index (χ3n) is 3.33. The Morgan fingerprint density at radius 3 is 1.88 bits per heavy atom. The first-order valence-electron chi connectivity index (χ1n) is 7.49. The molecule has 0 heterocycles. The summed E-state index contributed by atoms with van der Waals surface area (Å²) in [6.45, 7) is 4.19. The SMILES string of the molecule is CC(C)c1ccc(NC(=O)CC(=O)Nc2cc(Cl)cc(Cl)c2)cc1. The second kappa shape index (κ2) is 8.18. The first kappa shape index (κ1) is 18.3. The molecule has 0 bridgehead atoms. The lowest BCUT2D eigenvalue weighted by Crippen LogP contribution is -2.21. The van der Waals surface area contributed by atoms with Crippen LogP contribution in [0.5, 0.6) is 0 Å². The number of anilines is 2. The highest BCUT2D eigenvalue weighted by Crippen LogP contribution is 2.22. The van der Waals surface area contributed by atoms with Crippen molar-refractivity contribution in [2.24, 2.45) is 0 Å². The van der Waals surface area contributed by atoms with E-state index in [9.17, 15) is 9.59 Å². The van der Waals surface area contributed by atoms with E-state index in [1.165, 1.54) is 5.56 Å². The van der Waals surface area contributed by atoms with Crippen molar-refractivity contribution in [2.75, 3.05) is 10.6 Å². The Kier molecular flexibility index (Phi) is 6.23. The molecule has 0 aliphatic carbocycles.